The van der Waals surface area contributed by atoms with E-state index in [0.29, 0.717) is 6.54 Å². The molecule has 1 aromatic heterocycles. The predicted molar refractivity (Wildman–Crippen MR) is 71.7 cm³/mol. The van der Waals surface area contributed by atoms with Gasteiger partial charge in [-0.3, -0.25) is 4.79 Å². The van der Waals surface area contributed by atoms with Gasteiger partial charge >= 0.3 is 0 Å². The largest absolute Gasteiger partial charge is 0.378 e. The summed E-state index contributed by atoms with van der Waals surface area (Å²) >= 11 is 0. The van der Waals surface area contributed by atoms with Crippen molar-refractivity contribution in [2.75, 3.05) is 19.0 Å². The number of rotatable bonds is 4. The number of benzene rings is 1. The maximum atomic E-state index is 12.1. The summed E-state index contributed by atoms with van der Waals surface area (Å²) in [6.45, 7) is 0.377. The van der Waals surface area contributed by atoms with Crippen LogP contribution in [0.4, 0.5) is 5.69 Å². The highest BCUT2D eigenvalue weighted by atomic mass is 16.1. The van der Waals surface area contributed by atoms with E-state index in [1.54, 1.807) is 0 Å². The Balaban J connectivity index is 2.10. The Hall–Kier alpha value is -2.16. The van der Waals surface area contributed by atoms with E-state index in [1.165, 1.54) is 0 Å². The highest BCUT2D eigenvalue weighted by Gasteiger charge is 2.11. The summed E-state index contributed by atoms with van der Waals surface area (Å²) in [5.74, 6) is 0.122. The van der Waals surface area contributed by atoms with Gasteiger partial charge in [-0.2, -0.15) is 4.57 Å². The molecule has 0 N–H and O–H groups in total. The van der Waals surface area contributed by atoms with E-state index in [1.807, 2.05) is 78.4 Å². The molecule has 92 valence electrons. The first-order valence-electron chi connectivity index (χ1n) is 5.91. The Bertz CT molecular complexity index is 518. The zero-order valence-corrected chi connectivity index (χ0v) is 10.7. The molecular formula is C15H17N2O+. The molecule has 2 rings (SSSR count). The smallest absolute Gasteiger partial charge is 0.227 e. The van der Waals surface area contributed by atoms with Crippen molar-refractivity contribution < 1.29 is 9.36 Å². The molecule has 0 radical (unpaired) electrons. The molecule has 0 fully saturated rings. The second-order valence-corrected chi connectivity index (χ2v) is 4.41. The number of carbonyl (C=O) groups is 1. The van der Waals surface area contributed by atoms with Gasteiger partial charge in [-0.15, -0.1) is 0 Å². The van der Waals surface area contributed by atoms with Crippen molar-refractivity contribution >= 4 is 11.5 Å². The minimum Gasteiger partial charge on any atom is -0.378 e. The molecule has 0 saturated heterocycles. The number of carbonyl (C=O) groups excluding carboxylic acids is 1. The maximum Gasteiger partial charge on any atom is 0.227 e. The average Bonchev–Trinajstić information content (AvgIpc) is 2.40. The molecule has 1 aromatic carbocycles. The lowest BCUT2D eigenvalue weighted by Crippen LogP contribution is -2.36. The fourth-order valence-electron chi connectivity index (χ4n) is 1.74. The van der Waals surface area contributed by atoms with Crippen LogP contribution in [0, 0.1) is 0 Å². The van der Waals surface area contributed by atoms with Gasteiger partial charge in [0.2, 0.25) is 12.3 Å². The zero-order chi connectivity index (χ0) is 13.0. The maximum absolute atomic E-state index is 12.1. The van der Waals surface area contributed by atoms with Crippen LogP contribution >= 0.6 is 0 Å². The van der Waals surface area contributed by atoms with Gasteiger partial charge in [-0.25, -0.2) is 0 Å². The quantitative estimate of drug-likeness (QED) is 0.603. The summed E-state index contributed by atoms with van der Waals surface area (Å²) in [5.41, 5.74) is 1.84. The minimum absolute atomic E-state index is 0.122. The van der Waals surface area contributed by atoms with Crippen molar-refractivity contribution in [3.8, 4) is 0 Å². The predicted octanol–water partition coefficient (Wildman–Crippen LogP) is 1.92. The van der Waals surface area contributed by atoms with E-state index < -0.39 is 0 Å². The fourth-order valence-corrected chi connectivity index (χ4v) is 1.74. The third kappa shape index (κ3) is 2.94. The van der Waals surface area contributed by atoms with E-state index in [-0.39, 0.29) is 5.78 Å². The van der Waals surface area contributed by atoms with Crippen LogP contribution in [0.1, 0.15) is 10.4 Å². The first-order valence-corrected chi connectivity index (χ1v) is 5.91. The lowest BCUT2D eigenvalue weighted by molar-refractivity contribution is -0.683. The molecule has 2 aromatic rings. The summed E-state index contributed by atoms with van der Waals surface area (Å²) in [4.78, 5) is 14.1. The van der Waals surface area contributed by atoms with Gasteiger partial charge in [0.15, 0.2) is 12.4 Å². The standard InChI is InChI=1S/C15H17N2O/c1-16(2)14-8-6-13(7-9-14)15(18)12-17-10-4-3-5-11-17/h3-11H,12H2,1-2H3/q+1. The molecule has 0 atom stereocenters. The van der Waals surface area contributed by atoms with Gasteiger partial charge < -0.3 is 4.90 Å². The number of pyridine rings is 1. The second kappa shape index (κ2) is 5.45. The first kappa shape index (κ1) is 12.3. The van der Waals surface area contributed by atoms with Gasteiger partial charge in [0, 0.05) is 37.5 Å². The number of nitrogens with zero attached hydrogens (tertiary/aromatic N) is 2. The highest BCUT2D eigenvalue weighted by Crippen LogP contribution is 2.12. The number of hydrogen-bond donors (Lipinski definition) is 0. The summed E-state index contributed by atoms with van der Waals surface area (Å²) in [5, 5.41) is 0. The molecule has 1 heterocycles. The van der Waals surface area contributed by atoms with Gasteiger partial charge in [0.1, 0.15) is 0 Å². The molecular weight excluding hydrogens is 224 g/mol. The summed E-state index contributed by atoms with van der Waals surface area (Å²) in [6.07, 6.45) is 3.79. The molecule has 3 heteroatoms. The van der Waals surface area contributed by atoms with Gasteiger partial charge in [-0.05, 0) is 24.3 Å². The van der Waals surface area contributed by atoms with Crippen LogP contribution < -0.4 is 9.47 Å². The van der Waals surface area contributed by atoms with Crippen LogP contribution in [-0.4, -0.2) is 19.9 Å². The molecule has 0 spiro atoms. The Labute approximate surface area is 107 Å². The van der Waals surface area contributed by atoms with Crippen molar-refractivity contribution in [2.24, 2.45) is 0 Å². The van der Waals surface area contributed by atoms with Crippen molar-refractivity contribution in [3.63, 3.8) is 0 Å². The van der Waals surface area contributed by atoms with Gasteiger partial charge in [0.05, 0.1) is 0 Å². The normalized spacial score (nSPS) is 10.1. The third-order valence-corrected chi connectivity index (χ3v) is 2.81. The van der Waals surface area contributed by atoms with Gasteiger partial charge in [0.25, 0.3) is 0 Å². The monoisotopic (exact) mass is 241 g/mol. The van der Waals surface area contributed by atoms with E-state index in [4.69, 9.17) is 0 Å². The SMILES string of the molecule is CN(C)c1ccc(C(=O)C[n+]2ccccc2)cc1. The Kier molecular flexibility index (Phi) is 3.72. The van der Waals surface area contributed by atoms with Crippen LogP contribution in [0.15, 0.2) is 54.9 Å². The Morgan fingerprint density at radius 1 is 1.06 bits per heavy atom. The van der Waals surface area contributed by atoms with Crippen molar-refractivity contribution in [3.05, 3.63) is 60.4 Å². The Morgan fingerprint density at radius 2 is 1.67 bits per heavy atom. The fraction of sp³-hybridized carbons (Fsp3) is 0.200. The zero-order valence-electron chi connectivity index (χ0n) is 10.7. The van der Waals surface area contributed by atoms with Crippen LogP contribution in [0.2, 0.25) is 0 Å². The lowest BCUT2D eigenvalue weighted by atomic mass is 10.1. The van der Waals surface area contributed by atoms with Crippen LogP contribution in [0.25, 0.3) is 0 Å². The van der Waals surface area contributed by atoms with Crippen molar-refractivity contribution in [1.29, 1.82) is 0 Å². The Morgan fingerprint density at radius 3 is 2.22 bits per heavy atom. The molecule has 18 heavy (non-hydrogen) atoms. The molecule has 0 bridgehead atoms. The van der Waals surface area contributed by atoms with E-state index >= 15 is 0 Å². The van der Waals surface area contributed by atoms with Crippen molar-refractivity contribution in [2.45, 2.75) is 6.54 Å². The number of Topliss-reactive ketones (excluding diaryl/α,β-unsaturated/α-hetero) is 1. The molecule has 0 amide bonds. The first-order chi connectivity index (χ1) is 8.66. The van der Waals surface area contributed by atoms with Crippen LogP contribution in [-0.2, 0) is 6.54 Å². The number of ketones is 1. The van der Waals surface area contributed by atoms with E-state index in [0.717, 1.165) is 11.3 Å². The lowest BCUT2D eigenvalue weighted by Gasteiger charge is -2.11. The number of anilines is 1. The molecule has 0 unspecified atom stereocenters. The number of aromatic nitrogens is 1. The van der Waals surface area contributed by atoms with E-state index in [2.05, 4.69) is 0 Å². The second-order valence-electron chi connectivity index (χ2n) is 4.41. The number of hydrogen-bond acceptors (Lipinski definition) is 2. The minimum atomic E-state index is 0.122. The van der Waals surface area contributed by atoms with Gasteiger partial charge in [-0.1, -0.05) is 6.07 Å². The molecule has 0 aliphatic carbocycles. The summed E-state index contributed by atoms with van der Waals surface area (Å²) in [6, 6.07) is 13.5. The van der Waals surface area contributed by atoms with Crippen molar-refractivity contribution in [1.82, 2.24) is 0 Å². The third-order valence-electron chi connectivity index (χ3n) is 2.81. The highest BCUT2D eigenvalue weighted by molar-refractivity contribution is 5.95. The average molecular weight is 241 g/mol. The summed E-state index contributed by atoms with van der Waals surface area (Å²) in [7, 11) is 3.97. The molecule has 0 aliphatic rings. The molecule has 0 aliphatic heterocycles. The van der Waals surface area contributed by atoms with Crippen LogP contribution in [0.5, 0.6) is 0 Å². The van der Waals surface area contributed by atoms with Crippen LogP contribution in [0.3, 0.4) is 0 Å². The topological polar surface area (TPSA) is 24.2 Å². The summed E-state index contributed by atoms with van der Waals surface area (Å²) < 4.78 is 1.88. The molecule has 3 nitrogen and oxygen atoms in total. The molecule has 0 saturated carbocycles. The van der Waals surface area contributed by atoms with E-state index in [9.17, 15) is 4.79 Å².